The van der Waals surface area contributed by atoms with Crippen LogP contribution in [0.25, 0.3) is 55.6 Å². The Morgan fingerprint density at radius 1 is 0.875 bits per heavy atom. The van der Waals surface area contributed by atoms with Crippen molar-refractivity contribution in [2.75, 3.05) is 0 Å². The Balaban J connectivity index is 0.000000193. The predicted molar refractivity (Wildman–Crippen MR) is 199 cm³/mol. The van der Waals surface area contributed by atoms with Crippen LogP contribution in [0.1, 0.15) is 50.7 Å². The molecule has 0 bridgehead atoms. The molecule has 0 aliphatic heterocycles. The van der Waals surface area contributed by atoms with Gasteiger partial charge < -0.3 is 8.98 Å². The monoisotopic (exact) mass is 875 g/mol. The minimum atomic E-state index is -1.86. The molecule has 0 saturated carbocycles. The molecule has 0 spiro atoms. The van der Waals surface area contributed by atoms with Crippen LogP contribution in [0.15, 0.2) is 83.4 Å². The van der Waals surface area contributed by atoms with E-state index in [0.717, 1.165) is 73.4 Å². The third kappa shape index (κ3) is 7.22. The van der Waals surface area contributed by atoms with Gasteiger partial charge in [-0.2, -0.15) is 0 Å². The van der Waals surface area contributed by atoms with Crippen molar-refractivity contribution in [2.24, 2.45) is 5.92 Å². The number of fused-ring (bicyclic) bond motifs is 4. The number of hydrogen-bond acceptors (Lipinski definition) is 4. The Morgan fingerprint density at radius 2 is 1.62 bits per heavy atom. The third-order valence-electron chi connectivity index (χ3n) is 8.47. The smallest absolute Gasteiger partial charge is 0.124 e. The number of benzene rings is 3. The van der Waals surface area contributed by atoms with Crippen molar-refractivity contribution < 1.29 is 24.5 Å². The van der Waals surface area contributed by atoms with E-state index in [0.29, 0.717) is 5.92 Å². The van der Waals surface area contributed by atoms with E-state index in [2.05, 4.69) is 103 Å². The minimum Gasteiger partial charge on any atom is -0.500 e. The van der Waals surface area contributed by atoms with Gasteiger partial charge in [0.05, 0.1) is 22.4 Å². The fraction of sp³-hybridized carbons (Fsp3) is 0.293. The average Bonchev–Trinajstić information content (AvgIpc) is 3.60. The molecule has 7 heteroatoms. The maximum Gasteiger partial charge on any atom is 0.124 e. The fourth-order valence-corrected chi connectivity index (χ4v) is 9.82. The molecule has 4 heterocycles. The number of nitrogens with zero attached hydrogens (tertiary/aromatic N) is 4. The summed E-state index contributed by atoms with van der Waals surface area (Å²) in [5.74, 6) is 8.88. The Bertz CT molecular complexity index is 2190. The molecular formula is C41H44GeIrN4O-2. The van der Waals surface area contributed by atoms with Crippen molar-refractivity contribution in [2.45, 2.75) is 71.3 Å². The van der Waals surface area contributed by atoms with E-state index in [-0.39, 0.29) is 26.1 Å². The van der Waals surface area contributed by atoms with E-state index in [9.17, 15) is 0 Å². The molecule has 7 rings (SSSR count). The van der Waals surface area contributed by atoms with Crippen LogP contribution in [-0.4, -0.2) is 32.8 Å². The summed E-state index contributed by atoms with van der Waals surface area (Å²) >= 11 is -1.86. The van der Waals surface area contributed by atoms with Crippen molar-refractivity contribution in [1.29, 1.82) is 0 Å². The first-order valence-corrected chi connectivity index (χ1v) is 23.9. The molecule has 0 atom stereocenters. The van der Waals surface area contributed by atoms with Gasteiger partial charge in [-0.1, -0.05) is 23.1 Å². The first kappa shape index (κ1) is 35.7. The second-order valence-corrected chi connectivity index (χ2v) is 24.7. The summed E-state index contributed by atoms with van der Waals surface area (Å²) in [6.07, 6.45) is 3.27. The van der Waals surface area contributed by atoms with E-state index >= 15 is 0 Å². The van der Waals surface area contributed by atoms with E-state index < -0.39 is 13.3 Å². The molecule has 0 fully saturated rings. The number of pyridine rings is 2. The molecule has 5 nitrogen and oxygen atoms in total. The number of rotatable bonds is 6. The first-order valence-electron chi connectivity index (χ1n) is 16.6. The molecule has 0 N–H and O–H groups in total. The molecule has 0 aliphatic rings. The maximum atomic E-state index is 6.31. The Hall–Kier alpha value is -3.58. The topological polar surface area (TPSA) is 56.7 Å². The maximum absolute atomic E-state index is 6.31. The van der Waals surface area contributed by atoms with Gasteiger partial charge in [0.2, 0.25) is 0 Å². The van der Waals surface area contributed by atoms with E-state index in [1.54, 1.807) is 4.40 Å². The normalized spacial score (nSPS) is 11.7. The van der Waals surface area contributed by atoms with Crippen molar-refractivity contribution >= 4 is 50.6 Å². The number of aryl methyl sites for hydroxylation is 2. The molecule has 3 aromatic carbocycles. The van der Waals surface area contributed by atoms with E-state index in [1.807, 2.05) is 56.3 Å². The van der Waals surface area contributed by atoms with Crippen LogP contribution in [0.2, 0.25) is 17.3 Å². The molecule has 249 valence electrons. The standard InChI is InChI=1S/C23H20N3O.C18H24GeN.Ir/c1-13(2)26-19-11-6-5-10-18(19)25-23(26)17-9-7-8-16-21-15(4)24-14(3)12-20(21)27-22(16)17;1-14(2)11-16-12-18(15-9-7-6-8-10-15)20-13-17(16)19(3,4)5;/h5-8,10-13H,1-4H3;6-9,12-14H,11H2,1-5H3;/q2*-1;. The third-order valence-corrected chi connectivity index (χ3v) is 12.8. The van der Waals surface area contributed by atoms with Gasteiger partial charge >= 0.3 is 126 Å². The number of imidazole rings is 1. The summed E-state index contributed by atoms with van der Waals surface area (Å²) in [6, 6.07) is 31.5. The fourth-order valence-electron chi connectivity index (χ4n) is 6.49. The van der Waals surface area contributed by atoms with Crippen LogP contribution in [-0.2, 0) is 26.5 Å². The average molecular weight is 874 g/mol. The van der Waals surface area contributed by atoms with Gasteiger partial charge in [-0.05, 0) is 39.8 Å². The van der Waals surface area contributed by atoms with Crippen LogP contribution in [0.3, 0.4) is 0 Å². The second kappa shape index (κ2) is 14.5. The summed E-state index contributed by atoms with van der Waals surface area (Å²) in [6.45, 7) is 12.9. The van der Waals surface area contributed by atoms with Gasteiger partial charge in [-0.25, -0.2) is 0 Å². The molecular weight excluding hydrogens is 829 g/mol. The molecule has 48 heavy (non-hydrogen) atoms. The summed E-state index contributed by atoms with van der Waals surface area (Å²) in [4.78, 5) is 14.2. The van der Waals surface area contributed by atoms with E-state index in [4.69, 9.17) is 14.4 Å². The molecule has 0 saturated heterocycles. The molecule has 4 aromatic heterocycles. The number of furan rings is 1. The van der Waals surface area contributed by atoms with Gasteiger partial charge in [-0.15, -0.1) is 18.2 Å². The van der Waals surface area contributed by atoms with Crippen molar-refractivity contribution in [1.82, 2.24) is 19.5 Å². The van der Waals surface area contributed by atoms with Gasteiger partial charge in [-0.3, -0.25) is 9.97 Å². The van der Waals surface area contributed by atoms with Gasteiger partial charge in [0.1, 0.15) is 5.58 Å². The van der Waals surface area contributed by atoms with Crippen molar-refractivity contribution in [3.63, 3.8) is 0 Å². The molecule has 0 amide bonds. The minimum absolute atomic E-state index is 0. The van der Waals surface area contributed by atoms with Crippen LogP contribution >= 0.6 is 0 Å². The van der Waals surface area contributed by atoms with Crippen LogP contribution in [0.4, 0.5) is 0 Å². The Labute approximate surface area is 300 Å². The zero-order valence-electron chi connectivity index (χ0n) is 29.4. The second-order valence-electron chi connectivity index (χ2n) is 14.2. The number of hydrogen-bond donors (Lipinski definition) is 0. The van der Waals surface area contributed by atoms with Gasteiger partial charge in [0.15, 0.2) is 0 Å². The molecule has 0 unspecified atom stereocenters. The van der Waals surface area contributed by atoms with Crippen molar-refractivity contribution in [3.05, 3.63) is 108 Å². The summed E-state index contributed by atoms with van der Waals surface area (Å²) in [5, 5.41) is 2.13. The SMILES string of the molecule is CC(C)Cc1cc(-c2[c-]cccc2)nc[c]1[Ge]([CH3])([CH3])[CH3].Cc1cc2oc3c(-c4nc5ccccc5n4C(C)C)[c-]ccc3c2c(C)n1.[Ir]. The van der Waals surface area contributed by atoms with Crippen LogP contribution < -0.4 is 4.40 Å². The predicted octanol–water partition coefficient (Wildman–Crippen LogP) is 10.3. The van der Waals surface area contributed by atoms with Crippen LogP contribution in [0, 0.1) is 31.9 Å². The largest absolute Gasteiger partial charge is 0.500 e. The zero-order chi connectivity index (χ0) is 33.5. The number of aromatic nitrogens is 4. The molecule has 0 aliphatic carbocycles. The molecule has 7 aromatic rings. The Morgan fingerprint density at radius 3 is 2.31 bits per heavy atom. The van der Waals surface area contributed by atoms with E-state index in [1.165, 1.54) is 5.56 Å². The molecule has 1 radical (unpaired) electrons. The van der Waals surface area contributed by atoms with Gasteiger partial charge in [0.25, 0.3) is 0 Å². The van der Waals surface area contributed by atoms with Crippen LogP contribution in [0.5, 0.6) is 0 Å². The quantitative estimate of drug-likeness (QED) is 0.123. The summed E-state index contributed by atoms with van der Waals surface area (Å²) in [7, 11) is 0. The zero-order valence-corrected chi connectivity index (χ0v) is 33.9. The Kier molecular flexibility index (Phi) is 10.8. The summed E-state index contributed by atoms with van der Waals surface area (Å²) < 4.78 is 10.1. The number of para-hydroxylation sites is 2. The van der Waals surface area contributed by atoms with Crippen molar-refractivity contribution in [3.8, 4) is 22.6 Å². The first-order chi connectivity index (χ1) is 22.4. The summed E-state index contributed by atoms with van der Waals surface area (Å²) in [5.41, 5.74) is 10.3. The van der Waals surface area contributed by atoms with Gasteiger partial charge in [0, 0.05) is 49.0 Å².